The lowest BCUT2D eigenvalue weighted by Crippen LogP contribution is -2.18. The Morgan fingerprint density at radius 3 is 1.46 bits per heavy atom. The highest BCUT2D eigenvalue weighted by Gasteiger charge is 2.48. The van der Waals surface area contributed by atoms with Crippen molar-refractivity contribution < 1.29 is 0 Å². The van der Waals surface area contributed by atoms with Crippen LogP contribution in [0.1, 0.15) is 134 Å². The summed E-state index contributed by atoms with van der Waals surface area (Å²) in [5, 5.41) is 7.53. The Balaban J connectivity index is 0.864. The summed E-state index contributed by atoms with van der Waals surface area (Å²) in [5.41, 5.74) is 17.5. The Morgan fingerprint density at radius 2 is 0.900 bits per heavy atom. The molecule has 6 aliphatic carbocycles. The maximum atomic E-state index is 4.93. The smallest absolute Gasteiger partial charge is 0.123 e. The number of hydrogen-bond donors (Lipinski definition) is 4. The first-order valence-electron chi connectivity index (χ1n) is 19.8. The fraction of sp³-hybridized carbons (Fsp3) is 0.455. The lowest BCUT2D eigenvalue weighted by molar-refractivity contribution is 0.543. The third-order valence-electron chi connectivity index (χ3n) is 14.8. The molecule has 4 saturated carbocycles. The van der Waals surface area contributed by atoms with Gasteiger partial charge in [-0.15, -0.1) is 0 Å². The Morgan fingerprint density at radius 1 is 0.440 bits per heavy atom. The molecular weight excluding hydrogens is 613 g/mol. The van der Waals surface area contributed by atoms with E-state index < -0.39 is 0 Å². The van der Waals surface area contributed by atoms with Gasteiger partial charge in [0.05, 0.1) is 35.9 Å². The maximum Gasteiger partial charge on any atom is 0.123 e. The quantitative estimate of drug-likeness (QED) is 0.147. The molecule has 0 radical (unpaired) electrons. The van der Waals surface area contributed by atoms with Crippen LogP contribution in [-0.2, 0) is 0 Å². The van der Waals surface area contributed by atoms with Crippen LogP contribution in [0.3, 0.4) is 0 Å². The van der Waals surface area contributed by atoms with E-state index in [1.165, 1.54) is 103 Å². The summed E-state index contributed by atoms with van der Waals surface area (Å²) in [4.78, 5) is 17.1. The van der Waals surface area contributed by atoms with Crippen molar-refractivity contribution in [2.75, 3.05) is 0 Å². The summed E-state index contributed by atoms with van der Waals surface area (Å²) in [6, 6.07) is 21.5. The van der Waals surface area contributed by atoms with Gasteiger partial charge in [-0.2, -0.15) is 0 Å². The van der Waals surface area contributed by atoms with Crippen LogP contribution in [0.4, 0.5) is 0 Å². The Kier molecular flexibility index (Phi) is 5.46. The molecular formula is C44H44N6. The Bertz CT molecular complexity index is 2210. The average Bonchev–Trinajstić information content (AvgIpc) is 3.83. The molecule has 8 aliphatic rings. The molecule has 4 heterocycles. The van der Waals surface area contributed by atoms with Crippen LogP contribution in [0, 0.1) is 11.8 Å². The zero-order valence-corrected chi connectivity index (χ0v) is 28.5. The summed E-state index contributed by atoms with van der Waals surface area (Å²) >= 11 is 0. The van der Waals surface area contributed by atoms with Gasteiger partial charge in [-0.3, -0.25) is 0 Å². The number of aromatic amines is 2. The fourth-order valence-corrected chi connectivity index (χ4v) is 12.2. The zero-order valence-electron chi connectivity index (χ0n) is 28.5. The molecule has 0 spiro atoms. The molecule has 2 saturated heterocycles. The van der Waals surface area contributed by atoms with Crippen LogP contribution >= 0.6 is 0 Å². The van der Waals surface area contributed by atoms with E-state index in [9.17, 15) is 0 Å². The van der Waals surface area contributed by atoms with Gasteiger partial charge in [-0.05, 0) is 150 Å². The highest BCUT2D eigenvalue weighted by Crippen LogP contribution is 2.62. The van der Waals surface area contributed by atoms with Crippen molar-refractivity contribution in [1.82, 2.24) is 30.6 Å². The van der Waals surface area contributed by atoms with Crippen molar-refractivity contribution in [3.8, 4) is 44.8 Å². The molecule has 250 valence electrons. The number of piperidine rings is 2. The topological polar surface area (TPSA) is 81.4 Å². The molecule has 2 aromatic heterocycles. The molecule has 2 aliphatic heterocycles. The summed E-state index contributed by atoms with van der Waals surface area (Å²) in [7, 11) is 0. The van der Waals surface area contributed by atoms with Gasteiger partial charge in [0.15, 0.2) is 0 Å². The lowest BCUT2D eigenvalue weighted by atomic mass is 9.77. The van der Waals surface area contributed by atoms with E-state index in [1.54, 1.807) is 22.3 Å². The van der Waals surface area contributed by atoms with Gasteiger partial charge >= 0.3 is 0 Å². The summed E-state index contributed by atoms with van der Waals surface area (Å²) in [6.45, 7) is 0. The summed E-state index contributed by atoms with van der Waals surface area (Å²) < 4.78 is 0. The molecule has 13 rings (SSSR count). The molecule has 6 heteroatoms. The second kappa shape index (κ2) is 9.86. The maximum absolute atomic E-state index is 4.93. The molecule has 50 heavy (non-hydrogen) atoms. The van der Waals surface area contributed by atoms with Gasteiger partial charge in [0.2, 0.25) is 0 Å². The normalized spacial score (nSPS) is 34.6. The molecule has 4 N–H and O–H groups in total. The van der Waals surface area contributed by atoms with Crippen LogP contribution in [0.15, 0.2) is 60.9 Å². The number of benzene rings is 3. The van der Waals surface area contributed by atoms with E-state index in [1.807, 2.05) is 6.20 Å². The van der Waals surface area contributed by atoms with E-state index in [0.717, 1.165) is 41.3 Å². The number of aromatic nitrogens is 4. The van der Waals surface area contributed by atoms with Crippen LogP contribution in [0.5, 0.6) is 0 Å². The van der Waals surface area contributed by atoms with E-state index in [2.05, 4.69) is 75.3 Å². The van der Waals surface area contributed by atoms with Gasteiger partial charge in [-0.25, -0.2) is 9.97 Å². The van der Waals surface area contributed by atoms with Crippen molar-refractivity contribution >= 4 is 0 Å². The third kappa shape index (κ3) is 3.92. The highest BCUT2D eigenvalue weighted by molar-refractivity contribution is 5.85. The molecule has 0 amide bonds. The number of H-pyrrole nitrogens is 2. The number of fused-ring (bicyclic) bond motifs is 12. The summed E-state index contributed by atoms with van der Waals surface area (Å²) in [5.74, 6) is 6.72. The minimum atomic E-state index is 0.388. The van der Waals surface area contributed by atoms with Crippen LogP contribution in [-0.4, -0.2) is 32.0 Å². The molecule has 4 bridgehead atoms. The van der Waals surface area contributed by atoms with Gasteiger partial charge in [0.1, 0.15) is 11.6 Å². The number of hydrogen-bond acceptors (Lipinski definition) is 4. The number of nitrogens with zero attached hydrogens (tertiary/aromatic N) is 2. The molecule has 6 nitrogen and oxygen atoms in total. The van der Waals surface area contributed by atoms with Gasteiger partial charge in [-0.1, -0.05) is 48.5 Å². The van der Waals surface area contributed by atoms with Gasteiger partial charge in [0.25, 0.3) is 0 Å². The zero-order chi connectivity index (χ0) is 32.2. The largest absolute Gasteiger partial charge is 0.341 e. The fourth-order valence-electron chi connectivity index (χ4n) is 12.2. The summed E-state index contributed by atoms with van der Waals surface area (Å²) in [6.07, 6.45) is 17.3. The van der Waals surface area contributed by atoms with E-state index >= 15 is 0 Å². The first-order valence-corrected chi connectivity index (χ1v) is 19.8. The van der Waals surface area contributed by atoms with Gasteiger partial charge < -0.3 is 20.6 Å². The molecule has 5 aromatic rings. The minimum Gasteiger partial charge on any atom is -0.341 e. The number of rotatable bonds is 6. The van der Waals surface area contributed by atoms with Crippen molar-refractivity contribution in [3.63, 3.8) is 0 Å². The first kappa shape index (κ1) is 27.7. The highest BCUT2D eigenvalue weighted by atomic mass is 15.1. The molecule has 10 atom stereocenters. The van der Waals surface area contributed by atoms with Crippen molar-refractivity contribution in [2.24, 2.45) is 11.8 Å². The van der Waals surface area contributed by atoms with Crippen LogP contribution < -0.4 is 10.6 Å². The number of nitrogens with one attached hydrogen (secondary N) is 4. The van der Waals surface area contributed by atoms with Crippen molar-refractivity contribution in [3.05, 3.63) is 94.8 Å². The van der Waals surface area contributed by atoms with Crippen LogP contribution in [0.25, 0.3) is 44.8 Å². The van der Waals surface area contributed by atoms with Crippen molar-refractivity contribution in [1.29, 1.82) is 0 Å². The van der Waals surface area contributed by atoms with Gasteiger partial charge in [0, 0.05) is 17.6 Å². The van der Waals surface area contributed by atoms with Crippen LogP contribution in [0.2, 0.25) is 0 Å². The number of imidazole rings is 2. The molecule has 3 aromatic carbocycles. The average molecular weight is 657 g/mol. The predicted molar refractivity (Wildman–Crippen MR) is 196 cm³/mol. The lowest BCUT2D eigenvalue weighted by Gasteiger charge is -2.27. The second-order valence-electron chi connectivity index (χ2n) is 17.4. The van der Waals surface area contributed by atoms with Crippen molar-refractivity contribution in [2.45, 2.75) is 112 Å². The van der Waals surface area contributed by atoms with E-state index in [4.69, 9.17) is 9.97 Å². The first-order chi connectivity index (χ1) is 24.7. The van der Waals surface area contributed by atoms with E-state index in [-0.39, 0.29) is 0 Å². The molecule has 6 fully saturated rings. The Hall–Kier alpha value is -4.00. The minimum absolute atomic E-state index is 0.388. The van der Waals surface area contributed by atoms with E-state index in [0.29, 0.717) is 35.8 Å². The SMILES string of the molecule is c1cc(-c2ccc(-c3ccc(-c4cnc(C5CC6CC6N5)[nH]4)c4c3C3CCC4C3)c3c2C2CCC3C2)ccc1-c1cnc(C2CC3CC3N2)[nH]1. The second-order valence-corrected chi connectivity index (χ2v) is 17.4. The third-order valence-corrected chi connectivity index (χ3v) is 14.8. The molecule has 10 unspecified atom stereocenters. The standard InChI is InChI=1S/C44H44N6/c1-3-22(37-19-45-43(49-37)35-17-27-15-33(27)47-35)4-2-21(1)29-9-10-30(40-24-6-5-23(13-24)39(29)40)31-11-12-32(42-26-8-7-25(14-26)41(31)42)38-20-46-44(50-38)36-18-28-16-34(28)48-36/h1-4,9-12,19-20,23-28,33-36,47-48H,5-8,13-18H2,(H,45,49)(H,46,50). The predicted octanol–water partition coefficient (Wildman–Crippen LogP) is 9.38. The monoisotopic (exact) mass is 656 g/mol. The Labute approximate surface area is 293 Å².